The SMILES string of the molecule is CNCc1ccc(S(=O)(=O)N2[C@H](C)CCC[C@@H]2C)c(F)c1. The molecule has 1 fully saturated rings. The van der Waals surface area contributed by atoms with E-state index in [1.807, 2.05) is 13.8 Å². The van der Waals surface area contributed by atoms with Crippen LogP contribution < -0.4 is 5.32 Å². The molecule has 118 valence electrons. The lowest BCUT2D eigenvalue weighted by Crippen LogP contribution is -2.47. The fourth-order valence-electron chi connectivity index (χ4n) is 3.05. The number of nitrogens with zero attached hydrogens (tertiary/aromatic N) is 1. The quantitative estimate of drug-likeness (QED) is 0.929. The highest BCUT2D eigenvalue weighted by molar-refractivity contribution is 7.89. The third-order valence-corrected chi connectivity index (χ3v) is 6.21. The molecule has 0 aromatic heterocycles. The van der Waals surface area contributed by atoms with E-state index in [9.17, 15) is 12.8 Å². The van der Waals surface area contributed by atoms with E-state index < -0.39 is 15.8 Å². The van der Waals surface area contributed by atoms with E-state index >= 15 is 0 Å². The molecular formula is C15H23FN2O2S. The lowest BCUT2D eigenvalue weighted by molar-refractivity contribution is 0.203. The molecular weight excluding hydrogens is 291 g/mol. The second-order valence-corrected chi connectivity index (χ2v) is 7.57. The molecule has 1 aliphatic rings. The Bertz CT molecular complexity index is 594. The van der Waals surface area contributed by atoms with Gasteiger partial charge in [-0.15, -0.1) is 0 Å². The molecule has 0 spiro atoms. The minimum Gasteiger partial charge on any atom is -0.316 e. The molecule has 1 N–H and O–H groups in total. The number of hydrogen-bond acceptors (Lipinski definition) is 3. The highest BCUT2D eigenvalue weighted by atomic mass is 32.2. The van der Waals surface area contributed by atoms with E-state index in [0.29, 0.717) is 6.54 Å². The van der Waals surface area contributed by atoms with Crippen LogP contribution in [0.1, 0.15) is 38.7 Å². The maximum Gasteiger partial charge on any atom is 0.246 e. The van der Waals surface area contributed by atoms with Crippen LogP contribution in [0.4, 0.5) is 4.39 Å². The summed E-state index contributed by atoms with van der Waals surface area (Å²) in [5.41, 5.74) is 0.730. The summed E-state index contributed by atoms with van der Waals surface area (Å²) < 4.78 is 41.2. The Hall–Kier alpha value is -0.980. The van der Waals surface area contributed by atoms with Gasteiger partial charge in [0, 0.05) is 18.6 Å². The lowest BCUT2D eigenvalue weighted by Gasteiger charge is -2.37. The Kier molecular flexibility index (Phi) is 5.01. The molecule has 0 radical (unpaired) electrons. The van der Waals surface area contributed by atoms with Crippen molar-refractivity contribution >= 4 is 10.0 Å². The van der Waals surface area contributed by atoms with Gasteiger partial charge in [-0.3, -0.25) is 0 Å². The molecule has 2 atom stereocenters. The van der Waals surface area contributed by atoms with Crippen LogP contribution in [0.15, 0.2) is 23.1 Å². The molecule has 1 saturated heterocycles. The van der Waals surface area contributed by atoms with Crippen LogP contribution in [0.2, 0.25) is 0 Å². The monoisotopic (exact) mass is 314 g/mol. The molecule has 0 bridgehead atoms. The average Bonchev–Trinajstić information content (AvgIpc) is 2.38. The highest BCUT2D eigenvalue weighted by Crippen LogP contribution is 2.30. The number of rotatable bonds is 4. The third-order valence-electron chi connectivity index (χ3n) is 4.05. The Morgan fingerprint density at radius 3 is 2.43 bits per heavy atom. The maximum absolute atomic E-state index is 14.2. The molecule has 21 heavy (non-hydrogen) atoms. The second-order valence-electron chi connectivity index (χ2n) is 5.76. The van der Waals surface area contributed by atoms with Gasteiger partial charge in [-0.25, -0.2) is 12.8 Å². The Morgan fingerprint density at radius 1 is 1.29 bits per heavy atom. The van der Waals surface area contributed by atoms with Gasteiger partial charge in [0.2, 0.25) is 10.0 Å². The van der Waals surface area contributed by atoms with Gasteiger partial charge in [-0.05, 0) is 51.4 Å². The van der Waals surface area contributed by atoms with E-state index in [1.165, 1.54) is 16.4 Å². The van der Waals surface area contributed by atoms with Crippen molar-refractivity contribution in [3.8, 4) is 0 Å². The molecule has 4 nitrogen and oxygen atoms in total. The Labute approximate surface area is 126 Å². The van der Waals surface area contributed by atoms with E-state index in [1.54, 1.807) is 13.1 Å². The van der Waals surface area contributed by atoms with E-state index in [4.69, 9.17) is 0 Å². The van der Waals surface area contributed by atoms with E-state index in [0.717, 1.165) is 24.8 Å². The number of piperidine rings is 1. The Balaban J connectivity index is 2.39. The topological polar surface area (TPSA) is 49.4 Å². The van der Waals surface area contributed by atoms with Crippen LogP contribution >= 0.6 is 0 Å². The second kappa shape index (κ2) is 6.42. The summed E-state index contributed by atoms with van der Waals surface area (Å²) in [6.07, 6.45) is 2.66. The molecule has 0 aliphatic carbocycles. The molecule has 1 aliphatic heterocycles. The standard InChI is InChI=1S/C15H23FN2O2S/c1-11-5-4-6-12(2)18(11)21(19,20)15-8-7-13(10-17-3)9-14(15)16/h7-9,11-12,17H,4-6,10H2,1-3H3/t11-,12+. The van der Waals surface area contributed by atoms with E-state index in [2.05, 4.69) is 5.32 Å². The summed E-state index contributed by atoms with van der Waals surface area (Å²) >= 11 is 0. The van der Waals surface area contributed by atoms with Crippen LogP contribution in [-0.2, 0) is 16.6 Å². The summed E-state index contributed by atoms with van der Waals surface area (Å²) in [6.45, 7) is 4.29. The first kappa shape index (κ1) is 16.4. The van der Waals surface area contributed by atoms with Crippen molar-refractivity contribution in [1.82, 2.24) is 9.62 Å². The van der Waals surface area contributed by atoms with Crippen LogP contribution in [0.3, 0.4) is 0 Å². The van der Waals surface area contributed by atoms with Crippen molar-refractivity contribution in [1.29, 1.82) is 0 Å². The van der Waals surface area contributed by atoms with Crippen molar-refractivity contribution in [3.05, 3.63) is 29.6 Å². The zero-order valence-electron chi connectivity index (χ0n) is 12.8. The van der Waals surface area contributed by atoms with Gasteiger partial charge in [0.25, 0.3) is 0 Å². The van der Waals surface area contributed by atoms with Gasteiger partial charge in [0.1, 0.15) is 10.7 Å². The van der Waals surface area contributed by atoms with Crippen molar-refractivity contribution < 1.29 is 12.8 Å². The molecule has 1 aromatic carbocycles. The zero-order valence-corrected chi connectivity index (χ0v) is 13.6. The minimum atomic E-state index is -3.78. The average molecular weight is 314 g/mol. The van der Waals surface area contributed by atoms with Gasteiger partial charge >= 0.3 is 0 Å². The number of halogens is 1. The third kappa shape index (κ3) is 3.27. The summed E-state index contributed by atoms with van der Waals surface area (Å²) in [5, 5.41) is 2.92. The number of hydrogen-bond donors (Lipinski definition) is 1. The summed E-state index contributed by atoms with van der Waals surface area (Å²) in [5.74, 6) is -0.673. The van der Waals surface area contributed by atoms with Gasteiger partial charge < -0.3 is 5.32 Å². The van der Waals surface area contributed by atoms with Gasteiger partial charge in [0.05, 0.1) is 0 Å². The van der Waals surface area contributed by atoms with Crippen LogP contribution in [-0.4, -0.2) is 31.9 Å². The van der Waals surface area contributed by atoms with Crippen molar-refractivity contribution in [3.63, 3.8) is 0 Å². The normalized spacial score (nSPS) is 24.2. The van der Waals surface area contributed by atoms with Crippen molar-refractivity contribution in [2.24, 2.45) is 0 Å². The number of benzene rings is 1. The largest absolute Gasteiger partial charge is 0.316 e. The molecule has 1 heterocycles. The summed E-state index contributed by atoms with van der Waals surface area (Å²) in [6, 6.07) is 4.16. The first-order valence-electron chi connectivity index (χ1n) is 7.34. The minimum absolute atomic E-state index is 0.0878. The zero-order chi connectivity index (χ0) is 15.6. The first-order chi connectivity index (χ1) is 9.87. The fourth-order valence-corrected chi connectivity index (χ4v) is 4.98. The molecule has 1 aromatic rings. The Morgan fingerprint density at radius 2 is 1.90 bits per heavy atom. The number of sulfonamides is 1. The van der Waals surface area contributed by atoms with Gasteiger partial charge in [-0.2, -0.15) is 4.31 Å². The van der Waals surface area contributed by atoms with Crippen LogP contribution in [0, 0.1) is 5.82 Å². The molecule has 2 rings (SSSR count). The van der Waals surface area contributed by atoms with Crippen LogP contribution in [0.5, 0.6) is 0 Å². The fraction of sp³-hybridized carbons (Fsp3) is 0.600. The molecule has 0 saturated carbocycles. The van der Waals surface area contributed by atoms with E-state index in [-0.39, 0.29) is 17.0 Å². The van der Waals surface area contributed by atoms with Crippen LogP contribution in [0.25, 0.3) is 0 Å². The van der Waals surface area contributed by atoms with Gasteiger partial charge in [-0.1, -0.05) is 12.5 Å². The lowest BCUT2D eigenvalue weighted by atomic mass is 10.0. The van der Waals surface area contributed by atoms with Crippen molar-refractivity contribution in [2.45, 2.75) is 56.6 Å². The predicted octanol–water partition coefficient (Wildman–Crippen LogP) is 2.50. The highest BCUT2D eigenvalue weighted by Gasteiger charge is 2.37. The first-order valence-corrected chi connectivity index (χ1v) is 8.78. The van der Waals surface area contributed by atoms with Gasteiger partial charge in [0.15, 0.2) is 0 Å². The molecule has 6 heteroatoms. The summed E-state index contributed by atoms with van der Waals surface area (Å²) in [7, 11) is -2.02. The predicted molar refractivity (Wildman–Crippen MR) is 81.0 cm³/mol. The smallest absolute Gasteiger partial charge is 0.246 e. The molecule has 0 amide bonds. The molecule has 0 unspecified atom stereocenters. The number of nitrogens with one attached hydrogen (secondary N) is 1. The maximum atomic E-state index is 14.2. The summed E-state index contributed by atoms with van der Waals surface area (Å²) in [4.78, 5) is -0.219. The van der Waals surface area contributed by atoms with Crippen molar-refractivity contribution in [2.75, 3.05) is 7.05 Å².